The van der Waals surface area contributed by atoms with Gasteiger partial charge >= 0.3 is 6.03 Å². The van der Waals surface area contributed by atoms with Gasteiger partial charge in [-0.05, 0) is 30.5 Å². The van der Waals surface area contributed by atoms with Gasteiger partial charge < -0.3 is 10.2 Å². The average molecular weight is 289 g/mol. The Morgan fingerprint density at radius 2 is 2.25 bits per heavy atom. The SMILES string of the molecule is CC(c1cccs1)N(C)C(=O)NCCc1ccccn1. The minimum atomic E-state index is -0.0539. The third-order valence-corrected chi connectivity index (χ3v) is 4.28. The van der Waals surface area contributed by atoms with Crippen LogP contribution >= 0.6 is 11.3 Å². The largest absolute Gasteiger partial charge is 0.338 e. The van der Waals surface area contributed by atoms with Crippen molar-refractivity contribution in [2.75, 3.05) is 13.6 Å². The molecule has 2 rings (SSSR count). The highest BCUT2D eigenvalue weighted by Crippen LogP contribution is 2.23. The summed E-state index contributed by atoms with van der Waals surface area (Å²) in [5.41, 5.74) is 0.988. The maximum atomic E-state index is 12.1. The van der Waals surface area contributed by atoms with Crippen molar-refractivity contribution in [2.45, 2.75) is 19.4 Å². The molecular formula is C15H19N3OS. The first kappa shape index (κ1) is 14.5. The normalized spacial score (nSPS) is 11.9. The van der Waals surface area contributed by atoms with Crippen LogP contribution in [0.5, 0.6) is 0 Å². The lowest BCUT2D eigenvalue weighted by molar-refractivity contribution is 0.195. The quantitative estimate of drug-likeness (QED) is 0.919. The van der Waals surface area contributed by atoms with Crippen LogP contribution < -0.4 is 5.32 Å². The van der Waals surface area contributed by atoms with Crippen molar-refractivity contribution in [2.24, 2.45) is 0 Å². The van der Waals surface area contributed by atoms with Crippen LogP contribution in [0.15, 0.2) is 41.9 Å². The first-order valence-corrected chi connectivity index (χ1v) is 7.50. The fourth-order valence-corrected chi connectivity index (χ4v) is 2.69. The smallest absolute Gasteiger partial charge is 0.317 e. The highest BCUT2D eigenvalue weighted by molar-refractivity contribution is 7.10. The summed E-state index contributed by atoms with van der Waals surface area (Å²) in [6.07, 6.45) is 2.51. The van der Waals surface area contributed by atoms with E-state index in [1.807, 2.05) is 49.7 Å². The average Bonchev–Trinajstić information content (AvgIpc) is 3.01. The van der Waals surface area contributed by atoms with Crippen LogP contribution in [0.3, 0.4) is 0 Å². The van der Waals surface area contributed by atoms with Gasteiger partial charge in [-0.2, -0.15) is 0 Å². The zero-order valence-corrected chi connectivity index (χ0v) is 12.6. The highest BCUT2D eigenvalue weighted by Gasteiger charge is 2.17. The number of pyridine rings is 1. The number of thiophene rings is 1. The van der Waals surface area contributed by atoms with Crippen LogP contribution in [0.2, 0.25) is 0 Å². The predicted molar refractivity (Wildman–Crippen MR) is 81.8 cm³/mol. The summed E-state index contributed by atoms with van der Waals surface area (Å²) >= 11 is 1.67. The van der Waals surface area contributed by atoms with Gasteiger partial charge in [0.1, 0.15) is 0 Å². The Balaban J connectivity index is 1.80. The van der Waals surface area contributed by atoms with Gasteiger partial charge in [-0.1, -0.05) is 12.1 Å². The number of hydrogen-bond acceptors (Lipinski definition) is 3. The van der Waals surface area contributed by atoms with Crippen LogP contribution in [0.25, 0.3) is 0 Å². The Morgan fingerprint density at radius 3 is 2.90 bits per heavy atom. The molecule has 2 aromatic heterocycles. The summed E-state index contributed by atoms with van der Waals surface area (Å²) in [7, 11) is 1.82. The van der Waals surface area contributed by atoms with Crippen molar-refractivity contribution in [1.29, 1.82) is 0 Å². The highest BCUT2D eigenvalue weighted by atomic mass is 32.1. The van der Waals surface area contributed by atoms with Gasteiger partial charge in [0.05, 0.1) is 6.04 Å². The molecule has 2 amide bonds. The van der Waals surface area contributed by atoms with E-state index in [9.17, 15) is 4.79 Å². The molecule has 0 bridgehead atoms. The number of aromatic nitrogens is 1. The van der Waals surface area contributed by atoms with E-state index >= 15 is 0 Å². The van der Waals surface area contributed by atoms with E-state index in [2.05, 4.69) is 10.3 Å². The maximum absolute atomic E-state index is 12.1. The van der Waals surface area contributed by atoms with Gasteiger partial charge in [-0.3, -0.25) is 4.98 Å². The summed E-state index contributed by atoms with van der Waals surface area (Å²) in [4.78, 5) is 19.2. The van der Waals surface area contributed by atoms with Crippen LogP contribution in [-0.4, -0.2) is 29.5 Å². The molecular weight excluding hydrogens is 270 g/mol. The molecule has 106 valence electrons. The number of amides is 2. The van der Waals surface area contributed by atoms with Gasteiger partial charge in [0, 0.05) is 36.8 Å². The van der Waals surface area contributed by atoms with Crippen molar-refractivity contribution in [3.05, 3.63) is 52.5 Å². The second-order valence-corrected chi connectivity index (χ2v) is 5.58. The first-order valence-electron chi connectivity index (χ1n) is 6.62. The standard InChI is InChI=1S/C15H19N3OS/c1-12(14-7-5-11-20-14)18(2)15(19)17-10-8-13-6-3-4-9-16-13/h3-7,9,11-12H,8,10H2,1-2H3,(H,17,19). The molecule has 0 radical (unpaired) electrons. The van der Waals surface area contributed by atoms with Gasteiger partial charge in [0.25, 0.3) is 0 Å². The Hall–Kier alpha value is -1.88. The predicted octanol–water partition coefficient (Wildman–Crippen LogP) is 3.09. The molecule has 0 fully saturated rings. The third-order valence-electron chi connectivity index (χ3n) is 3.24. The van der Waals surface area contributed by atoms with Gasteiger partial charge in [0.2, 0.25) is 0 Å². The maximum Gasteiger partial charge on any atom is 0.317 e. The van der Waals surface area contributed by atoms with E-state index < -0.39 is 0 Å². The Kier molecular flexibility index (Phi) is 5.12. The van der Waals surface area contributed by atoms with Crippen molar-refractivity contribution in [3.63, 3.8) is 0 Å². The molecule has 5 heteroatoms. The summed E-state index contributed by atoms with van der Waals surface area (Å²) in [6.45, 7) is 2.63. The van der Waals surface area contributed by atoms with Crippen LogP contribution in [0.4, 0.5) is 4.79 Å². The molecule has 0 saturated heterocycles. The van der Waals surface area contributed by atoms with Crippen LogP contribution in [0, 0.1) is 0 Å². The van der Waals surface area contributed by atoms with Gasteiger partial charge in [0.15, 0.2) is 0 Å². The Bertz CT molecular complexity index is 527. The van der Waals surface area contributed by atoms with Crippen molar-refractivity contribution in [3.8, 4) is 0 Å². The number of urea groups is 1. The second kappa shape index (κ2) is 7.05. The van der Waals surface area contributed by atoms with E-state index in [4.69, 9.17) is 0 Å². The zero-order chi connectivity index (χ0) is 14.4. The summed E-state index contributed by atoms with van der Waals surface area (Å²) in [5, 5.41) is 4.95. The number of nitrogens with one attached hydrogen (secondary N) is 1. The minimum Gasteiger partial charge on any atom is -0.338 e. The lowest BCUT2D eigenvalue weighted by Gasteiger charge is -2.24. The van der Waals surface area contributed by atoms with Crippen LogP contribution in [-0.2, 0) is 6.42 Å². The van der Waals surface area contributed by atoms with Gasteiger partial charge in [-0.25, -0.2) is 4.79 Å². The van der Waals surface area contributed by atoms with Gasteiger partial charge in [-0.15, -0.1) is 11.3 Å². The van der Waals surface area contributed by atoms with Crippen LogP contribution in [0.1, 0.15) is 23.5 Å². The summed E-state index contributed by atoms with van der Waals surface area (Å²) in [6, 6.07) is 9.89. The molecule has 4 nitrogen and oxygen atoms in total. The zero-order valence-electron chi connectivity index (χ0n) is 11.7. The number of nitrogens with zero attached hydrogens (tertiary/aromatic N) is 2. The van der Waals surface area contributed by atoms with E-state index in [0.717, 1.165) is 12.1 Å². The second-order valence-electron chi connectivity index (χ2n) is 4.61. The molecule has 0 aliphatic rings. The minimum absolute atomic E-state index is 0.0539. The van der Waals surface area contributed by atoms with E-state index in [0.29, 0.717) is 6.54 Å². The van der Waals surface area contributed by atoms with Crippen molar-refractivity contribution >= 4 is 17.4 Å². The summed E-state index contributed by atoms with van der Waals surface area (Å²) in [5.74, 6) is 0. The topological polar surface area (TPSA) is 45.2 Å². The number of rotatable bonds is 5. The molecule has 0 saturated carbocycles. The fraction of sp³-hybridized carbons (Fsp3) is 0.333. The van der Waals surface area contributed by atoms with Crippen molar-refractivity contribution in [1.82, 2.24) is 15.2 Å². The molecule has 0 aliphatic heterocycles. The molecule has 1 atom stereocenters. The molecule has 2 aromatic rings. The third kappa shape index (κ3) is 3.81. The first-order chi connectivity index (χ1) is 9.68. The Labute approximate surface area is 123 Å². The van der Waals surface area contributed by atoms with E-state index in [1.165, 1.54) is 4.88 Å². The lowest BCUT2D eigenvalue weighted by Crippen LogP contribution is -2.39. The molecule has 0 aromatic carbocycles. The summed E-state index contributed by atoms with van der Waals surface area (Å²) < 4.78 is 0. The molecule has 20 heavy (non-hydrogen) atoms. The van der Waals surface area contributed by atoms with E-state index in [-0.39, 0.29) is 12.1 Å². The molecule has 2 heterocycles. The molecule has 0 spiro atoms. The Morgan fingerprint density at radius 1 is 1.40 bits per heavy atom. The molecule has 1 N–H and O–H groups in total. The molecule has 1 unspecified atom stereocenters. The number of carbonyl (C=O) groups excluding carboxylic acids is 1. The lowest BCUT2D eigenvalue weighted by atomic mass is 10.2. The van der Waals surface area contributed by atoms with Crippen molar-refractivity contribution < 1.29 is 4.79 Å². The number of carbonyl (C=O) groups is 1. The van der Waals surface area contributed by atoms with E-state index in [1.54, 1.807) is 22.4 Å². The monoisotopic (exact) mass is 289 g/mol. The fourth-order valence-electron chi connectivity index (χ4n) is 1.86. The molecule has 0 aliphatic carbocycles. The number of hydrogen-bond donors (Lipinski definition) is 1.